The van der Waals surface area contributed by atoms with Gasteiger partial charge in [-0.2, -0.15) is 0 Å². The van der Waals surface area contributed by atoms with E-state index in [0.29, 0.717) is 30.1 Å². The molecule has 1 aromatic carbocycles. The lowest BCUT2D eigenvalue weighted by Crippen LogP contribution is -2.17. The molecule has 11 heteroatoms. The van der Waals surface area contributed by atoms with Gasteiger partial charge in [-0.1, -0.05) is 12.1 Å². The van der Waals surface area contributed by atoms with E-state index in [0.717, 1.165) is 6.42 Å². The molecule has 3 rings (SSSR count). The van der Waals surface area contributed by atoms with Gasteiger partial charge in [0.1, 0.15) is 18.2 Å². The SMILES string of the molecule is C[C@H](Cn1cnc2c(NCCc3ccc(I)cc3)ncnc21)OCP(=O)(O)O. The molecule has 0 aliphatic carbocycles. The summed E-state index contributed by atoms with van der Waals surface area (Å²) in [5.74, 6) is 0.651. The van der Waals surface area contributed by atoms with Gasteiger partial charge in [-0.05, 0) is 53.6 Å². The summed E-state index contributed by atoms with van der Waals surface area (Å²) in [6, 6.07) is 8.37. The Bertz CT molecular complexity index is 975. The zero-order chi connectivity index (χ0) is 20.1. The molecule has 150 valence electrons. The number of aromatic nitrogens is 4. The minimum atomic E-state index is -4.19. The summed E-state index contributed by atoms with van der Waals surface area (Å²) >= 11 is 2.28. The average molecular weight is 517 g/mol. The predicted octanol–water partition coefficient (Wildman–Crippen LogP) is 2.63. The number of benzene rings is 1. The number of halogens is 1. The van der Waals surface area contributed by atoms with Crippen LogP contribution in [0.3, 0.4) is 0 Å². The number of fused-ring (bicyclic) bond motifs is 1. The van der Waals surface area contributed by atoms with Crippen LogP contribution >= 0.6 is 30.2 Å². The lowest BCUT2D eigenvalue weighted by Gasteiger charge is -2.14. The van der Waals surface area contributed by atoms with Gasteiger partial charge in [-0.3, -0.25) is 4.57 Å². The molecular formula is C17H21IN5O4P. The van der Waals surface area contributed by atoms with Crippen LogP contribution in [-0.2, 0) is 22.3 Å². The molecule has 3 aromatic rings. The second-order valence-electron chi connectivity index (χ2n) is 6.37. The van der Waals surface area contributed by atoms with Crippen molar-refractivity contribution in [1.29, 1.82) is 0 Å². The monoisotopic (exact) mass is 517 g/mol. The van der Waals surface area contributed by atoms with Crippen LogP contribution in [0.25, 0.3) is 11.2 Å². The summed E-state index contributed by atoms with van der Waals surface area (Å²) in [6.45, 7) is 2.82. The van der Waals surface area contributed by atoms with Gasteiger partial charge >= 0.3 is 7.60 Å². The van der Waals surface area contributed by atoms with Crippen molar-refractivity contribution in [3.63, 3.8) is 0 Å². The van der Waals surface area contributed by atoms with E-state index in [9.17, 15) is 4.57 Å². The molecule has 0 aliphatic rings. The van der Waals surface area contributed by atoms with Crippen LogP contribution in [0.5, 0.6) is 0 Å². The van der Waals surface area contributed by atoms with E-state index in [-0.39, 0.29) is 0 Å². The normalized spacial score (nSPS) is 13.0. The van der Waals surface area contributed by atoms with E-state index in [1.54, 1.807) is 17.8 Å². The highest BCUT2D eigenvalue weighted by atomic mass is 127. The quantitative estimate of drug-likeness (QED) is 0.293. The van der Waals surface area contributed by atoms with Gasteiger partial charge in [-0.25, -0.2) is 15.0 Å². The van der Waals surface area contributed by atoms with Crippen molar-refractivity contribution in [3.05, 3.63) is 46.1 Å². The molecule has 0 fully saturated rings. The van der Waals surface area contributed by atoms with Crippen LogP contribution in [0, 0.1) is 3.57 Å². The van der Waals surface area contributed by atoms with Gasteiger partial charge in [0.15, 0.2) is 11.5 Å². The molecule has 2 heterocycles. The van der Waals surface area contributed by atoms with Crippen molar-refractivity contribution in [2.24, 2.45) is 0 Å². The molecule has 0 spiro atoms. The molecular weight excluding hydrogens is 496 g/mol. The Kier molecular flexibility index (Phi) is 7.00. The third kappa shape index (κ3) is 5.95. The van der Waals surface area contributed by atoms with Crippen LogP contribution < -0.4 is 5.32 Å². The molecule has 0 saturated carbocycles. The van der Waals surface area contributed by atoms with E-state index in [2.05, 4.69) is 67.1 Å². The molecule has 3 N–H and O–H groups in total. The van der Waals surface area contributed by atoms with E-state index in [4.69, 9.17) is 14.5 Å². The Hall–Kier alpha value is -1.59. The highest BCUT2D eigenvalue weighted by Crippen LogP contribution is 2.34. The molecule has 0 saturated heterocycles. The molecule has 28 heavy (non-hydrogen) atoms. The van der Waals surface area contributed by atoms with Crippen molar-refractivity contribution in [2.75, 3.05) is 18.2 Å². The Morgan fingerprint density at radius 2 is 2.00 bits per heavy atom. The van der Waals surface area contributed by atoms with Crippen molar-refractivity contribution >= 4 is 47.2 Å². The first kappa shape index (κ1) is 21.1. The Labute approximate surface area is 175 Å². The van der Waals surface area contributed by atoms with E-state index in [1.807, 2.05) is 0 Å². The van der Waals surface area contributed by atoms with Crippen LogP contribution in [0.2, 0.25) is 0 Å². The predicted molar refractivity (Wildman–Crippen MR) is 114 cm³/mol. The molecule has 0 unspecified atom stereocenters. The number of rotatable bonds is 9. The molecule has 0 radical (unpaired) electrons. The zero-order valence-electron chi connectivity index (χ0n) is 15.2. The van der Waals surface area contributed by atoms with Crippen molar-refractivity contribution in [2.45, 2.75) is 26.0 Å². The van der Waals surface area contributed by atoms with Gasteiger partial charge in [0, 0.05) is 10.1 Å². The second-order valence-corrected chi connectivity index (χ2v) is 9.20. The third-order valence-corrected chi connectivity index (χ3v) is 5.21. The van der Waals surface area contributed by atoms with Crippen molar-refractivity contribution in [3.8, 4) is 0 Å². The summed E-state index contributed by atoms with van der Waals surface area (Å²) < 4.78 is 19.1. The van der Waals surface area contributed by atoms with Gasteiger partial charge in [-0.15, -0.1) is 0 Å². The summed E-state index contributed by atoms with van der Waals surface area (Å²) in [4.78, 5) is 30.8. The average Bonchev–Trinajstić information content (AvgIpc) is 3.05. The first-order valence-electron chi connectivity index (χ1n) is 8.62. The molecule has 9 nitrogen and oxygen atoms in total. The third-order valence-electron chi connectivity index (χ3n) is 4.00. The summed E-state index contributed by atoms with van der Waals surface area (Å²) in [6.07, 6.45) is 2.94. The fraction of sp³-hybridized carbons (Fsp3) is 0.353. The maximum Gasteiger partial charge on any atom is 0.350 e. The Morgan fingerprint density at radius 1 is 1.25 bits per heavy atom. The van der Waals surface area contributed by atoms with E-state index < -0.39 is 20.0 Å². The number of anilines is 1. The largest absolute Gasteiger partial charge is 0.368 e. The topological polar surface area (TPSA) is 122 Å². The number of ether oxygens (including phenoxy) is 1. The van der Waals surface area contributed by atoms with E-state index in [1.165, 1.54) is 15.5 Å². The molecule has 1 atom stereocenters. The van der Waals surface area contributed by atoms with Crippen LogP contribution in [0.1, 0.15) is 12.5 Å². The maximum absolute atomic E-state index is 10.9. The first-order chi connectivity index (χ1) is 13.3. The summed E-state index contributed by atoms with van der Waals surface area (Å²) in [7, 11) is -4.19. The Morgan fingerprint density at radius 3 is 2.71 bits per heavy atom. The number of nitrogens with one attached hydrogen (secondary N) is 1. The number of imidazole rings is 1. The Balaban J connectivity index is 1.63. The van der Waals surface area contributed by atoms with Crippen molar-refractivity contribution < 1.29 is 19.1 Å². The minimum absolute atomic E-state index is 0.371. The van der Waals surface area contributed by atoms with Crippen LogP contribution in [0.4, 0.5) is 5.82 Å². The molecule has 0 amide bonds. The zero-order valence-corrected chi connectivity index (χ0v) is 18.2. The lowest BCUT2D eigenvalue weighted by molar-refractivity contribution is 0.0764. The minimum Gasteiger partial charge on any atom is -0.368 e. The van der Waals surface area contributed by atoms with E-state index >= 15 is 0 Å². The fourth-order valence-electron chi connectivity index (χ4n) is 2.67. The number of hydrogen-bond donors (Lipinski definition) is 3. The van der Waals surface area contributed by atoms with Crippen LogP contribution in [-0.4, -0.2) is 48.3 Å². The number of hydrogen-bond acceptors (Lipinski definition) is 6. The second kappa shape index (κ2) is 9.27. The molecule has 0 bridgehead atoms. The number of nitrogens with zero attached hydrogens (tertiary/aromatic N) is 4. The highest BCUT2D eigenvalue weighted by Gasteiger charge is 2.17. The summed E-state index contributed by atoms with van der Waals surface area (Å²) in [5.41, 5.74) is 2.52. The lowest BCUT2D eigenvalue weighted by atomic mass is 10.1. The van der Waals surface area contributed by atoms with Crippen molar-refractivity contribution in [1.82, 2.24) is 19.5 Å². The first-order valence-corrected chi connectivity index (χ1v) is 11.5. The maximum atomic E-state index is 10.9. The highest BCUT2D eigenvalue weighted by molar-refractivity contribution is 14.1. The summed E-state index contributed by atoms with van der Waals surface area (Å²) in [5, 5.41) is 3.30. The fourth-order valence-corrected chi connectivity index (χ4v) is 3.48. The van der Waals surface area contributed by atoms with Gasteiger partial charge in [0.25, 0.3) is 0 Å². The van der Waals surface area contributed by atoms with Crippen LogP contribution in [0.15, 0.2) is 36.9 Å². The molecule has 0 aliphatic heterocycles. The standard InChI is InChI=1S/C17H21IN5O4P/c1-12(27-11-28(24,25)26)8-23-10-22-15-16(20-9-21-17(15)23)19-7-6-13-2-4-14(18)5-3-13/h2-5,9-10,12H,6-8,11H2,1H3,(H,19,20,21)(H2,24,25,26)/t12-/m1/s1. The van der Waals surface area contributed by atoms with Gasteiger partial charge in [0.05, 0.1) is 19.0 Å². The molecule has 2 aromatic heterocycles. The van der Waals surface area contributed by atoms with Gasteiger partial charge < -0.3 is 24.4 Å². The smallest absolute Gasteiger partial charge is 0.350 e. The van der Waals surface area contributed by atoms with Gasteiger partial charge in [0.2, 0.25) is 0 Å².